The summed E-state index contributed by atoms with van der Waals surface area (Å²) in [6, 6.07) is 5.75. The first-order chi connectivity index (χ1) is 8.70. The van der Waals surface area contributed by atoms with Gasteiger partial charge in [0.15, 0.2) is 11.5 Å². The van der Waals surface area contributed by atoms with Gasteiger partial charge in [0.05, 0.1) is 10.6 Å². The van der Waals surface area contributed by atoms with Crippen molar-refractivity contribution < 1.29 is 9.47 Å². The number of anilines is 1. The predicted molar refractivity (Wildman–Crippen MR) is 71.0 cm³/mol. The molecule has 6 heteroatoms. The molecule has 0 amide bonds. The lowest BCUT2D eigenvalue weighted by Gasteiger charge is -2.07. The van der Waals surface area contributed by atoms with Gasteiger partial charge in [0.2, 0.25) is 6.79 Å². The number of aromatic nitrogens is 2. The summed E-state index contributed by atoms with van der Waals surface area (Å²) in [5, 5.41) is 4.40. The van der Waals surface area contributed by atoms with Crippen LogP contribution in [-0.4, -0.2) is 22.8 Å². The highest BCUT2D eigenvalue weighted by molar-refractivity contribution is 7.98. The summed E-state index contributed by atoms with van der Waals surface area (Å²) >= 11 is 1.62. The van der Waals surface area contributed by atoms with Gasteiger partial charge in [-0.05, 0) is 18.4 Å². The Morgan fingerprint density at radius 1 is 1.39 bits per heavy atom. The van der Waals surface area contributed by atoms with E-state index in [1.165, 1.54) is 0 Å². The second kappa shape index (κ2) is 4.13. The number of thioether (sulfide) groups is 1. The van der Waals surface area contributed by atoms with Crippen LogP contribution in [0.3, 0.4) is 0 Å². The minimum atomic E-state index is 0.275. The van der Waals surface area contributed by atoms with Gasteiger partial charge in [0, 0.05) is 18.7 Å². The topological polar surface area (TPSA) is 62.3 Å². The fourth-order valence-corrected chi connectivity index (χ4v) is 2.70. The van der Waals surface area contributed by atoms with Crippen LogP contribution in [0.15, 0.2) is 23.1 Å². The molecule has 94 valence electrons. The molecule has 18 heavy (non-hydrogen) atoms. The highest BCUT2D eigenvalue weighted by atomic mass is 32.2. The Kier molecular flexibility index (Phi) is 2.59. The summed E-state index contributed by atoms with van der Waals surface area (Å²) < 4.78 is 12.5. The third kappa shape index (κ3) is 1.60. The fourth-order valence-electron chi connectivity index (χ4n) is 1.96. The summed E-state index contributed by atoms with van der Waals surface area (Å²) in [5.74, 6) is 2.21. The Balaban J connectivity index is 2.17. The van der Waals surface area contributed by atoms with Crippen molar-refractivity contribution in [3.63, 3.8) is 0 Å². The number of aryl methyl sites for hydroxylation is 1. The van der Waals surface area contributed by atoms with Crippen LogP contribution >= 0.6 is 11.8 Å². The Hall–Kier alpha value is -1.82. The van der Waals surface area contributed by atoms with Gasteiger partial charge in [0.25, 0.3) is 0 Å². The lowest BCUT2D eigenvalue weighted by Crippen LogP contribution is -1.96. The molecule has 0 saturated carbocycles. The van der Waals surface area contributed by atoms with E-state index in [9.17, 15) is 0 Å². The van der Waals surface area contributed by atoms with Gasteiger partial charge in [-0.3, -0.25) is 4.68 Å². The Labute approximate surface area is 109 Å². The minimum Gasteiger partial charge on any atom is -0.454 e. The number of hydrogen-bond acceptors (Lipinski definition) is 5. The minimum absolute atomic E-state index is 0.275. The van der Waals surface area contributed by atoms with Crippen LogP contribution in [0.1, 0.15) is 0 Å². The average molecular weight is 263 g/mol. The van der Waals surface area contributed by atoms with E-state index in [2.05, 4.69) is 5.10 Å². The molecular weight excluding hydrogens is 250 g/mol. The highest BCUT2D eigenvalue weighted by Crippen LogP contribution is 2.45. The van der Waals surface area contributed by atoms with Crippen molar-refractivity contribution in [3.05, 3.63) is 18.2 Å². The maximum atomic E-state index is 5.82. The summed E-state index contributed by atoms with van der Waals surface area (Å²) in [4.78, 5) is 1.03. The third-order valence-electron chi connectivity index (χ3n) is 2.89. The molecule has 0 unspecified atom stereocenters. The molecule has 2 N–H and O–H groups in total. The van der Waals surface area contributed by atoms with Crippen LogP contribution in [0.25, 0.3) is 11.3 Å². The van der Waals surface area contributed by atoms with Crippen molar-refractivity contribution in [2.45, 2.75) is 4.90 Å². The second-order valence-electron chi connectivity index (χ2n) is 3.96. The standard InChI is InChI=1S/C12H13N3O2S/c1-15-10(13)5-8(14-15)7-3-4-9-11(12(7)18-2)17-6-16-9/h3-5H,6,13H2,1-2H3. The molecule has 1 aromatic carbocycles. The van der Waals surface area contributed by atoms with Crippen molar-refractivity contribution in [2.24, 2.45) is 7.05 Å². The molecule has 1 aliphatic heterocycles. The first-order valence-corrected chi connectivity index (χ1v) is 6.69. The number of hydrogen-bond donors (Lipinski definition) is 1. The molecule has 5 nitrogen and oxygen atoms in total. The first-order valence-electron chi connectivity index (χ1n) is 5.47. The summed E-state index contributed by atoms with van der Waals surface area (Å²) in [5.41, 5.74) is 7.68. The number of nitrogen functional groups attached to an aromatic ring is 1. The van der Waals surface area contributed by atoms with Crippen LogP contribution in [0.2, 0.25) is 0 Å². The van der Waals surface area contributed by atoms with Crippen molar-refractivity contribution in [2.75, 3.05) is 18.8 Å². The Morgan fingerprint density at radius 3 is 2.89 bits per heavy atom. The Bertz CT molecular complexity index is 590. The quantitative estimate of drug-likeness (QED) is 0.841. The van der Waals surface area contributed by atoms with Gasteiger partial charge in [-0.2, -0.15) is 5.10 Å². The van der Waals surface area contributed by atoms with E-state index >= 15 is 0 Å². The largest absolute Gasteiger partial charge is 0.454 e. The molecule has 0 aliphatic carbocycles. The average Bonchev–Trinajstić information content (AvgIpc) is 2.95. The number of rotatable bonds is 2. The molecule has 3 rings (SSSR count). The van der Waals surface area contributed by atoms with Gasteiger partial charge in [-0.15, -0.1) is 11.8 Å². The monoisotopic (exact) mass is 263 g/mol. The number of nitrogens with two attached hydrogens (primary N) is 1. The Morgan fingerprint density at radius 2 is 2.22 bits per heavy atom. The zero-order chi connectivity index (χ0) is 12.7. The molecule has 0 atom stereocenters. The molecule has 1 aromatic heterocycles. The van der Waals surface area contributed by atoms with Crippen LogP contribution in [0, 0.1) is 0 Å². The van der Waals surface area contributed by atoms with Gasteiger partial charge in [-0.1, -0.05) is 0 Å². The fraction of sp³-hybridized carbons (Fsp3) is 0.250. The molecule has 0 radical (unpaired) electrons. The number of ether oxygens (including phenoxy) is 2. The van der Waals surface area contributed by atoms with Crippen molar-refractivity contribution >= 4 is 17.6 Å². The van der Waals surface area contributed by atoms with Gasteiger partial charge >= 0.3 is 0 Å². The SMILES string of the molecule is CSc1c(-c2cc(N)n(C)n2)ccc2c1OCO2. The summed E-state index contributed by atoms with van der Waals surface area (Å²) in [7, 11) is 1.82. The second-order valence-corrected chi connectivity index (χ2v) is 4.77. The predicted octanol–water partition coefficient (Wildman–Crippen LogP) is 2.12. The van der Waals surface area contributed by atoms with E-state index in [1.807, 2.05) is 31.5 Å². The van der Waals surface area contributed by atoms with Gasteiger partial charge in [-0.25, -0.2) is 0 Å². The molecule has 0 bridgehead atoms. The van der Waals surface area contributed by atoms with E-state index in [0.717, 1.165) is 27.7 Å². The van der Waals surface area contributed by atoms with Crippen molar-refractivity contribution in [3.8, 4) is 22.8 Å². The summed E-state index contributed by atoms with van der Waals surface area (Å²) in [6.45, 7) is 0.275. The molecule has 2 heterocycles. The van der Waals surface area contributed by atoms with E-state index in [0.29, 0.717) is 5.82 Å². The third-order valence-corrected chi connectivity index (χ3v) is 3.70. The van der Waals surface area contributed by atoms with E-state index < -0.39 is 0 Å². The lowest BCUT2D eigenvalue weighted by molar-refractivity contribution is 0.172. The van der Waals surface area contributed by atoms with E-state index in [1.54, 1.807) is 16.4 Å². The zero-order valence-electron chi connectivity index (χ0n) is 10.1. The number of benzene rings is 1. The van der Waals surface area contributed by atoms with E-state index in [4.69, 9.17) is 15.2 Å². The van der Waals surface area contributed by atoms with Crippen molar-refractivity contribution in [1.82, 2.24) is 9.78 Å². The maximum absolute atomic E-state index is 5.82. The van der Waals surface area contributed by atoms with Crippen LogP contribution in [-0.2, 0) is 7.05 Å². The van der Waals surface area contributed by atoms with Crippen LogP contribution in [0.5, 0.6) is 11.5 Å². The number of nitrogens with zero attached hydrogens (tertiary/aromatic N) is 2. The van der Waals surface area contributed by atoms with Crippen molar-refractivity contribution in [1.29, 1.82) is 0 Å². The summed E-state index contributed by atoms with van der Waals surface area (Å²) in [6.07, 6.45) is 2.01. The molecular formula is C12H13N3O2S. The lowest BCUT2D eigenvalue weighted by atomic mass is 10.1. The molecule has 1 aliphatic rings. The first kappa shape index (κ1) is 11.3. The van der Waals surface area contributed by atoms with Gasteiger partial charge < -0.3 is 15.2 Å². The molecule has 0 spiro atoms. The molecule has 0 fully saturated rings. The van der Waals surface area contributed by atoms with Gasteiger partial charge in [0.1, 0.15) is 5.82 Å². The van der Waals surface area contributed by atoms with Crippen LogP contribution in [0.4, 0.5) is 5.82 Å². The van der Waals surface area contributed by atoms with Crippen LogP contribution < -0.4 is 15.2 Å². The highest BCUT2D eigenvalue weighted by Gasteiger charge is 2.22. The molecule has 2 aromatic rings. The smallest absolute Gasteiger partial charge is 0.231 e. The number of fused-ring (bicyclic) bond motifs is 1. The zero-order valence-corrected chi connectivity index (χ0v) is 11.0. The maximum Gasteiger partial charge on any atom is 0.231 e. The normalized spacial score (nSPS) is 13.0. The molecule has 0 saturated heterocycles. The van der Waals surface area contributed by atoms with E-state index in [-0.39, 0.29) is 6.79 Å².